The van der Waals surface area contributed by atoms with Gasteiger partial charge in [-0.3, -0.25) is 9.59 Å². The molecule has 2 aromatic rings. The highest BCUT2D eigenvalue weighted by atomic mass is 35.5. The molecule has 0 unspecified atom stereocenters. The SMILES string of the molecule is O=C(O)CC(=O)c1cc(-c2cccc(Cl)c2)oc1C(F)(F)F. The van der Waals surface area contributed by atoms with Crippen molar-refractivity contribution in [1.29, 1.82) is 0 Å². The number of hydrogen-bond donors (Lipinski definition) is 1. The average Bonchev–Trinajstić information content (AvgIpc) is 2.82. The third-order valence-electron chi connectivity index (χ3n) is 2.71. The number of halogens is 4. The Morgan fingerprint density at radius 1 is 1.23 bits per heavy atom. The monoisotopic (exact) mass is 332 g/mol. The number of aliphatic carboxylic acids is 1. The van der Waals surface area contributed by atoms with E-state index < -0.39 is 35.7 Å². The molecule has 22 heavy (non-hydrogen) atoms. The first kappa shape index (κ1) is 16.1. The number of rotatable bonds is 4. The van der Waals surface area contributed by atoms with Crippen molar-refractivity contribution in [2.75, 3.05) is 0 Å². The number of hydrogen-bond acceptors (Lipinski definition) is 3. The summed E-state index contributed by atoms with van der Waals surface area (Å²) in [6.45, 7) is 0. The fraction of sp³-hybridized carbons (Fsp3) is 0.143. The summed E-state index contributed by atoms with van der Waals surface area (Å²) in [4.78, 5) is 22.2. The molecular formula is C14H8ClF3O4. The molecule has 8 heteroatoms. The molecule has 0 atom stereocenters. The van der Waals surface area contributed by atoms with Crippen LogP contribution < -0.4 is 0 Å². The maximum absolute atomic E-state index is 12.9. The van der Waals surface area contributed by atoms with Gasteiger partial charge in [0.15, 0.2) is 5.78 Å². The van der Waals surface area contributed by atoms with Crippen LogP contribution in [0.1, 0.15) is 22.5 Å². The molecule has 0 fully saturated rings. The Morgan fingerprint density at radius 2 is 1.91 bits per heavy atom. The lowest BCUT2D eigenvalue weighted by molar-refractivity contribution is -0.153. The zero-order valence-corrected chi connectivity index (χ0v) is 11.5. The quantitative estimate of drug-likeness (QED) is 0.670. The first-order chi connectivity index (χ1) is 10.2. The molecule has 0 radical (unpaired) electrons. The van der Waals surface area contributed by atoms with Crippen molar-refractivity contribution in [3.05, 3.63) is 46.7 Å². The lowest BCUT2D eigenvalue weighted by Crippen LogP contribution is -2.13. The van der Waals surface area contributed by atoms with Crippen LogP contribution in [0, 0.1) is 0 Å². The molecule has 0 aliphatic carbocycles. The first-order valence-electron chi connectivity index (χ1n) is 5.90. The van der Waals surface area contributed by atoms with E-state index in [2.05, 4.69) is 0 Å². The second-order valence-corrected chi connectivity index (χ2v) is 4.79. The minimum Gasteiger partial charge on any atom is -0.481 e. The van der Waals surface area contributed by atoms with E-state index in [4.69, 9.17) is 21.1 Å². The number of ketones is 1. The van der Waals surface area contributed by atoms with Gasteiger partial charge in [-0.25, -0.2) is 0 Å². The van der Waals surface area contributed by atoms with Crippen molar-refractivity contribution in [3.63, 3.8) is 0 Å². The molecule has 2 rings (SSSR count). The number of carbonyl (C=O) groups is 2. The molecule has 1 aromatic heterocycles. The minimum absolute atomic E-state index is 0.219. The highest BCUT2D eigenvalue weighted by Gasteiger charge is 2.40. The molecule has 1 heterocycles. The Balaban J connectivity index is 2.53. The van der Waals surface area contributed by atoms with Gasteiger partial charge in [0.25, 0.3) is 0 Å². The van der Waals surface area contributed by atoms with Crippen molar-refractivity contribution in [3.8, 4) is 11.3 Å². The molecule has 0 aliphatic heterocycles. The van der Waals surface area contributed by atoms with Crippen LogP contribution in [0.5, 0.6) is 0 Å². The molecule has 4 nitrogen and oxygen atoms in total. The van der Waals surface area contributed by atoms with Crippen LogP contribution >= 0.6 is 11.6 Å². The summed E-state index contributed by atoms with van der Waals surface area (Å²) in [5.41, 5.74) is -0.572. The minimum atomic E-state index is -4.92. The Bertz CT molecular complexity index is 734. The van der Waals surface area contributed by atoms with Crippen molar-refractivity contribution in [1.82, 2.24) is 0 Å². The topological polar surface area (TPSA) is 67.5 Å². The van der Waals surface area contributed by atoms with Gasteiger partial charge < -0.3 is 9.52 Å². The number of carboxylic acids is 1. The van der Waals surface area contributed by atoms with Crippen LogP contribution in [0.15, 0.2) is 34.7 Å². The van der Waals surface area contributed by atoms with E-state index in [0.29, 0.717) is 0 Å². The fourth-order valence-electron chi connectivity index (χ4n) is 1.83. The number of furan rings is 1. The average molecular weight is 333 g/mol. The van der Waals surface area contributed by atoms with E-state index in [1.54, 1.807) is 0 Å². The van der Waals surface area contributed by atoms with E-state index in [-0.39, 0.29) is 16.3 Å². The molecule has 0 saturated carbocycles. The summed E-state index contributed by atoms with van der Waals surface area (Å²) in [5, 5.41) is 8.83. The third kappa shape index (κ3) is 3.48. The van der Waals surface area contributed by atoms with Gasteiger partial charge in [0.05, 0.1) is 5.56 Å². The predicted molar refractivity (Wildman–Crippen MR) is 70.7 cm³/mol. The molecule has 0 amide bonds. The van der Waals surface area contributed by atoms with E-state index in [1.807, 2.05) is 0 Å². The van der Waals surface area contributed by atoms with E-state index in [9.17, 15) is 22.8 Å². The molecule has 116 valence electrons. The lowest BCUT2D eigenvalue weighted by Gasteiger charge is -2.04. The number of carbonyl (C=O) groups excluding carboxylic acids is 1. The molecule has 0 saturated heterocycles. The van der Waals surface area contributed by atoms with Crippen molar-refractivity contribution >= 4 is 23.4 Å². The van der Waals surface area contributed by atoms with E-state index in [1.165, 1.54) is 24.3 Å². The molecule has 1 N–H and O–H groups in total. The summed E-state index contributed by atoms with van der Waals surface area (Å²) >= 11 is 5.75. The summed E-state index contributed by atoms with van der Waals surface area (Å²) in [6.07, 6.45) is -5.97. The Labute approximate surface area is 127 Å². The number of alkyl halides is 3. The van der Waals surface area contributed by atoms with Gasteiger partial charge in [0.1, 0.15) is 12.2 Å². The van der Waals surface area contributed by atoms with Gasteiger partial charge in [-0.2, -0.15) is 13.2 Å². The van der Waals surface area contributed by atoms with E-state index in [0.717, 1.165) is 6.07 Å². The molecule has 0 spiro atoms. The Kier molecular flexibility index (Phi) is 4.27. The van der Waals surface area contributed by atoms with Crippen LogP contribution in [0.4, 0.5) is 13.2 Å². The third-order valence-corrected chi connectivity index (χ3v) is 2.95. The summed E-state index contributed by atoms with van der Waals surface area (Å²) in [6, 6.07) is 6.73. The van der Waals surface area contributed by atoms with Gasteiger partial charge in [-0.1, -0.05) is 23.7 Å². The zero-order valence-electron chi connectivity index (χ0n) is 10.8. The normalized spacial score (nSPS) is 11.5. The second kappa shape index (κ2) is 5.84. The van der Waals surface area contributed by atoms with Gasteiger partial charge in [-0.15, -0.1) is 0 Å². The van der Waals surface area contributed by atoms with Gasteiger partial charge in [-0.05, 0) is 18.2 Å². The van der Waals surface area contributed by atoms with Gasteiger partial charge in [0.2, 0.25) is 5.76 Å². The fourth-order valence-corrected chi connectivity index (χ4v) is 2.02. The van der Waals surface area contributed by atoms with Crippen LogP contribution in [-0.2, 0) is 11.0 Å². The van der Waals surface area contributed by atoms with Crippen molar-refractivity contribution < 1.29 is 32.3 Å². The molecule has 0 bridgehead atoms. The molecule has 1 aromatic carbocycles. The van der Waals surface area contributed by atoms with Crippen LogP contribution in [0.2, 0.25) is 5.02 Å². The van der Waals surface area contributed by atoms with Crippen LogP contribution in [0.3, 0.4) is 0 Å². The highest BCUT2D eigenvalue weighted by molar-refractivity contribution is 6.30. The van der Waals surface area contributed by atoms with Crippen LogP contribution in [0.25, 0.3) is 11.3 Å². The summed E-state index contributed by atoms with van der Waals surface area (Å²) in [7, 11) is 0. The molecule has 0 aliphatic rings. The second-order valence-electron chi connectivity index (χ2n) is 4.36. The van der Waals surface area contributed by atoms with E-state index >= 15 is 0 Å². The zero-order chi connectivity index (χ0) is 16.5. The van der Waals surface area contributed by atoms with Gasteiger partial charge >= 0.3 is 12.1 Å². The Morgan fingerprint density at radius 3 is 2.45 bits per heavy atom. The van der Waals surface area contributed by atoms with Crippen molar-refractivity contribution in [2.24, 2.45) is 0 Å². The Hall–Kier alpha value is -2.28. The maximum Gasteiger partial charge on any atom is 0.450 e. The smallest absolute Gasteiger partial charge is 0.450 e. The lowest BCUT2D eigenvalue weighted by atomic mass is 10.1. The standard InChI is InChI=1S/C14H8ClF3O4/c15-8-3-1-2-7(4-8)11-5-9(10(19)6-12(20)21)13(22-11)14(16,17)18/h1-5H,6H2,(H,20,21). The number of Topliss-reactive ketones (excluding diaryl/α,β-unsaturated/α-hetero) is 1. The number of carboxylic acid groups (broad SMARTS) is 1. The van der Waals surface area contributed by atoms with Crippen molar-refractivity contribution in [2.45, 2.75) is 12.6 Å². The summed E-state index contributed by atoms with van der Waals surface area (Å²) in [5.74, 6) is -4.45. The van der Waals surface area contributed by atoms with Gasteiger partial charge in [0, 0.05) is 10.6 Å². The largest absolute Gasteiger partial charge is 0.481 e. The first-order valence-corrected chi connectivity index (χ1v) is 6.28. The summed E-state index contributed by atoms with van der Waals surface area (Å²) < 4.78 is 43.5. The highest BCUT2D eigenvalue weighted by Crippen LogP contribution is 2.38. The maximum atomic E-state index is 12.9. The number of benzene rings is 1. The molecular weight excluding hydrogens is 325 g/mol. The predicted octanol–water partition coefficient (Wildman–Crippen LogP) is 4.28. The van der Waals surface area contributed by atoms with Crippen LogP contribution in [-0.4, -0.2) is 16.9 Å².